The first kappa shape index (κ1) is 8.90. The van der Waals surface area contributed by atoms with Crippen molar-refractivity contribution in [1.29, 1.82) is 0 Å². The summed E-state index contributed by atoms with van der Waals surface area (Å²) in [5, 5.41) is 8.24. The van der Waals surface area contributed by atoms with Crippen LogP contribution in [-0.4, -0.2) is 30.7 Å². The first-order valence-corrected chi connectivity index (χ1v) is 2.80. The third-order valence-corrected chi connectivity index (χ3v) is 0.798. The maximum absolute atomic E-state index is 10.6. The highest BCUT2D eigenvalue weighted by Gasteiger charge is 2.08. The Kier molecular flexibility index (Phi) is 4.23. The summed E-state index contributed by atoms with van der Waals surface area (Å²) in [5.41, 5.74) is 1.61. The third-order valence-electron chi connectivity index (χ3n) is 0.798. The van der Waals surface area contributed by atoms with Crippen LogP contribution in [0.25, 0.3) is 0 Å². The van der Waals surface area contributed by atoms with Gasteiger partial charge in [0.15, 0.2) is 0 Å². The number of hydrogen-bond acceptors (Lipinski definition) is 4. The SMILES string of the molecule is CCOC(=O)C(=NC)NO. The molecule has 0 saturated carbocycles. The zero-order valence-electron chi connectivity index (χ0n) is 5.92. The Balaban J connectivity index is 3.91. The number of hydroxylamine groups is 1. The minimum Gasteiger partial charge on any atom is -0.460 e. The van der Waals surface area contributed by atoms with Crippen molar-refractivity contribution < 1.29 is 14.7 Å². The molecule has 10 heavy (non-hydrogen) atoms. The van der Waals surface area contributed by atoms with Crippen molar-refractivity contribution in [2.75, 3.05) is 13.7 Å². The molecule has 2 N–H and O–H groups in total. The second-order valence-corrected chi connectivity index (χ2v) is 1.40. The highest BCUT2D eigenvalue weighted by atomic mass is 16.5. The first-order chi connectivity index (χ1) is 4.76. The Labute approximate surface area is 58.7 Å². The van der Waals surface area contributed by atoms with Gasteiger partial charge in [0.2, 0.25) is 5.84 Å². The molecule has 0 fully saturated rings. The quantitative estimate of drug-likeness (QED) is 0.227. The van der Waals surface area contributed by atoms with Crippen LogP contribution in [0.1, 0.15) is 6.92 Å². The summed E-state index contributed by atoms with van der Waals surface area (Å²) < 4.78 is 4.49. The number of amidine groups is 1. The molecule has 0 aromatic heterocycles. The van der Waals surface area contributed by atoms with Crippen LogP contribution < -0.4 is 5.48 Å². The molecule has 0 unspecified atom stereocenters. The van der Waals surface area contributed by atoms with Crippen LogP contribution in [-0.2, 0) is 9.53 Å². The van der Waals surface area contributed by atoms with Crippen molar-refractivity contribution in [2.24, 2.45) is 4.99 Å². The number of nitrogens with zero attached hydrogens (tertiary/aromatic N) is 1. The fraction of sp³-hybridized carbons (Fsp3) is 0.600. The summed E-state index contributed by atoms with van der Waals surface area (Å²) in [6.07, 6.45) is 0. The van der Waals surface area contributed by atoms with Gasteiger partial charge in [-0.3, -0.25) is 10.2 Å². The lowest BCUT2D eigenvalue weighted by Crippen LogP contribution is -2.30. The van der Waals surface area contributed by atoms with E-state index < -0.39 is 5.97 Å². The third kappa shape index (κ3) is 2.45. The largest absolute Gasteiger partial charge is 0.460 e. The van der Waals surface area contributed by atoms with Gasteiger partial charge in [0.1, 0.15) is 0 Å². The van der Waals surface area contributed by atoms with Gasteiger partial charge in [-0.2, -0.15) is 0 Å². The molecule has 0 aliphatic heterocycles. The van der Waals surface area contributed by atoms with Crippen LogP contribution >= 0.6 is 0 Å². The minimum absolute atomic E-state index is 0.193. The van der Waals surface area contributed by atoms with Crippen molar-refractivity contribution in [3.8, 4) is 0 Å². The fourth-order valence-electron chi connectivity index (χ4n) is 0.386. The molecule has 5 nitrogen and oxygen atoms in total. The van der Waals surface area contributed by atoms with Gasteiger partial charge >= 0.3 is 5.97 Å². The second kappa shape index (κ2) is 4.75. The van der Waals surface area contributed by atoms with Crippen LogP contribution in [0.5, 0.6) is 0 Å². The Morgan fingerprint density at radius 2 is 2.40 bits per heavy atom. The Morgan fingerprint density at radius 1 is 1.80 bits per heavy atom. The molecule has 0 aromatic rings. The van der Waals surface area contributed by atoms with Crippen molar-refractivity contribution in [3.63, 3.8) is 0 Å². The topological polar surface area (TPSA) is 70.9 Å². The molecular formula is C5H10N2O3. The Bertz CT molecular complexity index is 144. The lowest BCUT2D eigenvalue weighted by atomic mass is 10.6. The molecule has 0 saturated heterocycles. The molecule has 0 aromatic carbocycles. The van der Waals surface area contributed by atoms with Gasteiger partial charge in [0, 0.05) is 7.05 Å². The number of ether oxygens (including phenoxy) is 1. The van der Waals surface area contributed by atoms with E-state index in [1.165, 1.54) is 7.05 Å². The number of nitrogens with one attached hydrogen (secondary N) is 1. The molecule has 0 aliphatic rings. The molecule has 0 rings (SSSR count). The highest BCUT2D eigenvalue weighted by Crippen LogP contribution is 1.79. The van der Waals surface area contributed by atoms with Crippen molar-refractivity contribution in [2.45, 2.75) is 6.92 Å². The molecule has 0 atom stereocenters. The lowest BCUT2D eigenvalue weighted by Gasteiger charge is -2.01. The number of esters is 1. The molecule has 0 bridgehead atoms. The standard InChI is InChI=1S/C5H10N2O3/c1-3-10-5(8)4(6-2)7-9/h9H,3H2,1-2H3,(H,6,7). The van der Waals surface area contributed by atoms with Crippen LogP contribution in [0.2, 0.25) is 0 Å². The summed E-state index contributed by atoms with van der Waals surface area (Å²) in [4.78, 5) is 14.0. The predicted molar refractivity (Wildman–Crippen MR) is 34.9 cm³/mol. The molecule has 0 amide bonds. The normalized spacial score (nSPS) is 10.9. The zero-order chi connectivity index (χ0) is 7.98. The van der Waals surface area contributed by atoms with E-state index in [0.717, 1.165) is 0 Å². The summed E-state index contributed by atoms with van der Waals surface area (Å²) in [6, 6.07) is 0. The second-order valence-electron chi connectivity index (χ2n) is 1.40. The van der Waals surface area contributed by atoms with E-state index in [1.807, 2.05) is 0 Å². The fourth-order valence-corrected chi connectivity index (χ4v) is 0.386. The van der Waals surface area contributed by atoms with E-state index in [9.17, 15) is 4.79 Å². The van der Waals surface area contributed by atoms with E-state index in [1.54, 1.807) is 12.4 Å². The lowest BCUT2D eigenvalue weighted by molar-refractivity contribution is -0.135. The van der Waals surface area contributed by atoms with Gasteiger partial charge in [-0.1, -0.05) is 0 Å². The number of hydrogen-bond donors (Lipinski definition) is 2. The monoisotopic (exact) mass is 146 g/mol. The predicted octanol–water partition coefficient (Wildman–Crippen LogP) is -0.443. The summed E-state index contributed by atoms with van der Waals surface area (Å²) >= 11 is 0. The van der Waals surface area contributed by atoms with Crippen LogP contribution in [0, 0.1) is 0 Å². The Hall–Kier alpha value is -1.10. The van der Waals surface area contributed by atoms with E-state index in [2.05, 4.69) is 9.73 Å². The average molecular weight is 146 g/mol. The maximum atomic E-state index is 10.6. The smallest absolute Gasteiger partial charge is 0.375 e. The molecule has 58 valence electrons. The van der Waals surface area contributed by atoms with Crippen LogP contribution in [0.15, 0.2) is 4.99 Å². The van der Waals surface area contributed by atoms with Crippen LogP contribution in [0.3, 0.4) is 0 Å². The van der Waals surface area contributed by atoms with E-state index in [0.29, 0.717) is 0 Å². The molecule has 0 aliphatic carbocycles. The molecule has 0 radical (unpaired) electrons. The van der Waals surface area contributed by atoms with E-state index >= 15 is 0 Å². The molecular weight excluding hydrogens is 136 g/mol. The van der Waals surface area contributed by atoms with Crippen molar-refractivity contribution in [3.05, 3.63) is 0 Å². The molecule has 0 spiro atoms. The van der Waals surface area contributed by atoms with Gasteiger partial charge in [-0.15, -0.1) is 0 Å². The van der Waals surface area contributed by atoms with Gasteiger partial charge < -0.3 is 4.74 Å². The first-order valence-electron chi connectivity index (χ1n) is 2.80. The minimum atomic E-state index is -0.660. The molecule has 5 heteroatoms. The average Bonchev–Trinajstić information content (AvgIpc) is 1.91. The number of rotatable bonds is 1. The van der Waals surface area contributed by atoms with Gasteiger partial charge in [-0.05, 0) is 6.92 Å². The van der Waals surface area contributed by atoms with Crippen molar-refractivity contribution >= 4 is 11.8 Å². The van der Waals surface area contributed by atoms with E-state index in [4.69, 9.17) is 5.21 Å². The summed E-state index contributed by atoms with van der Waals surface area (Å²) in [6.45, 7) is 1.93. The van der Waals surface area contributed by atoms with E-state index in [-0.39, 0.29) is 12.4 Å². The Morgan fingerprint density at radius 3 is 2.70 bits per heavy atom. The van der Waals surface area contributed by atoms with Crippen LogP contribution in [0.4, 0.5) is 0 Å². The zero-order valence-corrected chi connectivity index (χ0v) is 5.92. The number of carbonyl (C=O) groups excluding carboxylic acids is 1. The molecule has 0 heterocycles. The summed E-state index contributed by atoms with van der Waals surface area (Å²) in [5.74, 6) is -0.852. The van der Waals surface area contributed by atoms with Gasteiger partial charge in [0.05, 0.1) is 6.61 Å². The van der Waals surface area contributed by atoms with Crippen molar-refractivity contribution in [1.82, 2.24) is 5.48 Å². The summed E-state index contributed by atoms with van der Waals surface area (Å²) in [7, 11) is 1.37. The van der Waals surface area contributed by atoms with Gasteiger partial charge in [0.25, 0.3) is 0 Å². The highest BCUT2D eigenvalue weighted by molar-refractivity contribution is 6.34. The van der Waals surface area contributed by atoms with Gasteiger partial charge in [-0.25, -0.2) is 10.3 Å². The number of aliphatic imine (C=N–C) groups is 1. The maximum Gasteiger partial charge on any atom is 0.375 e. The number of carbonyl (C=O) groups is 1.